The van der Waals surface area contributed by atoms with Crippen LogP contribution in [-0.2, 0) is 23.0 Å². The van der Waals surface area contributed by atoms with Crippen LogP contribution in [0.1, 0.15) is 21.6 Å². The first-order chi connectivity index (χ1) is 16.7. The van der Waals surface area contributed by atoms with Crippen LogP contribution in [-0.4, -0.2) is 64.8 Å². The van der Waals surface area contributed by atoms with Gasteiger partial charge in [-0.2, -0.15) is 9.40 Å². The molecule has 4 rings (SSSR count). The van der Waals surface area contributed by atoms with Crippen LogP contribution in [0, 0.1) is 11.6 Å². The smallest absolute Gasteiger partial charge is 0.258 e. The Balaban J connectivity index is 1.54. The van der Waals surface area contributed by atoms with E-state index in [-0.39, 0.29) is 37.4 Å². The van der Waals surface area contributed by atoms with Crippen LogP contribution in [0.3, 0.4) is 0 Å². The lowest BCUT2D eigenvalue weighted by Gasteiger charge is -2.26. The average molecular weight is 508 g/mol. The molecule has 0 saturated carbocycles. The lowest BCUT2D eigenvalue weighted by molar-refractivity contribution is 0.102. The van der Waals surface area contributed by atoms with Gasteiger partial charge in [-0.3, -0.25) is 9.89 Å². The summed E-state index contributed by atoms with van der Waals surface area (Å²) in [6, 6.07) is 8.62. The van der Waals surface area contributed by atoms with Gasteiger partial charge in [0.1, 0.15) is 11.6 Å². The highest BCUT2D eigenvalue weighted by Crippen LogP contribution is 2.29. The summed E-state index contributed by atoms with van der Waals surface area (Å²) in [6.45, 7) is -0.526. The third kappa shape index (κ3) is 5.32. The molecule has 186 valence electrons. The van der Waals surface area contributed by atoms with Crippen molar-refractivity contribution in [2.24, 2.45) is 0 Å². The van der Waals surface area contributed by atoms with Gasteiger partial charge in [0.15, 0.2) is 5.82 Å². The number of fused-ring (bicyclic) bond motifs is 1. The largest absolute Gasteiger partial charge is 0.394 e. The molecule has 2 heterocycles. The number of aliphatic hydroxyl groups excluding tert-OH is 2. The van der Waals surface area contributed by atoms with Crippen LogP contribution >= 0.6 is 0 Å². The van der Waals surface area contributed by atoms with Crippen molar-refractivity contribution < 1.29 is 32.2 Å². The van der Waals surface area contributed by atoms with Gasteiger partial charge in [0.05, 0.1) is 23.2 Å². The summed E-state index contributed by atoms with van der Waals surface area (Å²) in [6.07, 6.45) is -0.754. The molecule has 1 aliphatic heterocycles. The van der Waals surface area contributed by atoms with E-state index in [0.29, 0.717) is 23.0 Å². The first-order valence-electron chi connectivity index (χ1n) is 10.6. The highest BCUT2D eigenvalue weighted by atomic mass is 32.2. The monoisotopic (exact) mass is 507 g/mol. The lowest BCUT2D eigenvalue weighted by atomic mass is 10.1. The molecule has 0 radical (unpaired) electrons. The second kappa shape index (κ2) is 10.1. The standard InChI is InChI=1S/C22H23F2N5O5S/c23-13-7-14(24)9-16(8-13)35(33,34)29-6-5-20-18(11-29)21(28-27-20)26-22(32)17-3-1-2-4-19(17)25-10-15(31)12-30/h1-4,7-9,15,25,30-31H,5-6,10-12H2,(H2,26,27,28,32). The molecule has 35 heavy (non-hydrogen) atoms. The molecule has 2 aromatic carbocycles. The number of aromatic amines is 1. The number of carbonyl (C=O) groups is 1. The van der Waals surface area contributed by atoms with Crippen molar-refractivity contribution in [3.05, 3.63) is 70.9 Å². The van der Waals surface area contributed by atoms with Crippen LogP contribution in [0.4, 0.5) is 20.3 Å². The first kappa shape index (κ1) is 24.7. The van der Waals surface area contributed by atoms with E-state index in [2.05, 4.69) is 20.8 Å². The van der Waals surface area contributed by atoms with Crippen LogP contribution < -0.4 is 10.6 Å². The molecule has 0 spiro atoms. The zero-order chi connectivity index (χ0) is 25.2. The molecule has 10 nitrogen and oxygen atoms in total. The lowest BCUT2D eigenvalue weighted by Crippen LogP contribution is -2.36. The molecule has 5 N–H and O–H groups in total. The van der Waals surface area contributed by atoms with Crippen molar-refractivity contribution in [3.8, 4) is 0 Å². The Morgan fingerprint density at radius 1 is 1.20 bits per heavy atom. The van der Waals surface area contributed by atoms with E-state index in [1.54, 1.807) is 24.3 Å². The Morgan fingerprint density at radius 3 is 2.63 bits per heavy atom. The summed E-state index contributed by atoms with van der Waals surface area (Å²) in [5, 5.41) is 31.0. The van der Waals surface area contributed by atoms with Gasteiger partial charge in [-0.05, 0) is 24.3 Å². The van der Waals surface area contributed by atoms with Crippen LogP contribution in [0.2, 0.25) is 0 Å². The van der Waals surface area contributed by atoms with E-state index in [0.717, 1.165) is 16.4 Å². The third-order valence-corrected chi connectivity index (χ3v) is 7.34. The van der Waals surface area contributed by atoms with Gasteiger partial charge in [-0.25, -0.2) is 17.2 Å². The van der Waals surface area contributed by atoms with Crippen molar-refractivity contribution >= 4 is 27.4 Å². The number of hydrogen-bond donors (Lipinski definition) is 5. The van der Waals surface area contributed by atoms with E-state index in [1.807, 2.05) is 0 Å². The molecule has 1 atom stereocenters. The molecule has 1 aromatic heterocycles. The van der Waals surface area contributed by atoms with Crippen molar-refractivity contribution in [2.75, 3.05) is 30.3 Å². The molecule has 0 saturated heterocycles. The fourth-order valence-electron chi connectivity index (χ4n) is 3.71. The average Bonchev–Trinajstić information content (AvgIpc) is 3.24. The summed E-state index contributed by atoms with van der Waals surface area (Å²) < 4.78 is 54.3. The highest BCUT2D eigenvalue weighted by molar-refractivity contribution is 7.89. The number of para-hydroxylation sites is 1. The molecule has 1 unspecified atom stereocenters. The van der Waals surface area contributed by atoms with Gasteiger partial charge in [0, 0.05) is 49.1 Å². The number of aromatic nitrogens is 2. The van der Waals surface area contributed by atoms with Gasteiger partial charge in [-0.1, -0.05) is 12.1 Å². The fourth-order valence-corrected chi connectivity index (χ4v) is 5.16. The molecule has 3 aromatic rings. The van der Waals surface area contributed by atoms with Gasteiger partial charge >= 0.3 is 0 Å². The third-order valence-electron chi connectivity index (χ3n) is 5.51. The summed E-state index contributed by atoms with van der Waals surface area (Å²) in [4.78, 5) is 12.5. The van der Waals surface area contributed by atoms with Crippen LogP contribution in [0.15, 0.2) is 47.4 Å². The van der Waals surface area contributed by atoms with Crippen molar-refractivity contribution in [3.63, 3.8) is 0 Å². The minimum absolute atomic E-state index is 0.0199. The second-order valence-corrected chi connectivity index (χ2v) is 9.88. The predicted molar refractivity (Wildman–Crippen MR) is 122 cm³/mol. The molecule has 0 bridgehead atoms. The Bertz CT molecular complexity index is 1330. The summed E-state index contributed by atoms with van der Waals surface area (Å²) in [7, 11) is -4.20. The number of halogens is 2. The van der Waals surface area contributed by atoms with E-state index < -0.39 is 45.2 Å². The van der Waals surface area contributed by atoms with Crippen LogP contribution in [0.5, 0.6) is 0 Å². The highest BCUT2D eigenvalue weighted by Gasteiger charge is 2.32. The molecule has 1 amide bonds. The Labute approximate surface area is 199 Å². The zero-order valence-electron chi connectivity index (χ0n) is 18.3. The van der Waals surface area contributed by atoms with E-state index in [4.69, 9.17) is 5.11 Å². The molecule has 1 aliphatic rings. The van der Waals surface area contributed by atoms with E-state index in [1.165, 1.54) is 0 Å². The van der Waals surface area contributed by atoms with Crippen molar-refractivity contribution in [1.82, 2.24) is 14.5 Å². The van der Waals surface area contributed by atoms with Crippen molar-refractivity contribution in [1.29, 1.82) is 0 Å². The fraction of sp³-hybridized carbons (Fsp3) is 0.273. The summed E-state index contributed by atoms with van der Waals surface area (Å²) >= 11 is 0. The number of nitrogens with zero attached hydrogens (tertiary/aromatic N) is 2. The molecule has 13 heteroatoms. The number of amides is 1. The van der Waals surface area contributed by atoms with Gasteiger partial charge in [0.2, 0.25) is 10.0 Å². The van der Waals surface area contributed by atoms with Crippen molar-refractivity contribution in [2.45, 2.75) is 24.0 Å². The van der Waals surface area contributed by atoms with Crippen LogP contribution in [0.25, 0.3) is 0 Å². The normalized spacial score (nSPS) is 14.9. The quantitative estimate of drug-likeness (QED) is 0.310. The number of benzene rings is 2. The molecule has 0 aliphatic carbocycles. The van der Waals surface area contributed by atoms with Gasteiger partial charge < -0.3 is 20.8 Å². The Hall–Kier alpha value is -3.39. The summed E-state index contributed by atoms with van der Waals surface area (Å²) in [5.74, 6) is -2.42. The maximum absolute atomic E-state index is 13.6. The number of nitrogens with one attached hydrogen (secondary N) is 3. The number of H-pyrrole nitrogens is 1. The Kier molecular flexibility index (Phi) is 7.12. The maximum atomic E-state index is 13.6. The maximum Gasteiger partial charge on any atom is 0.258 e. The number of rotatable bonds is 8. The number of carbonyl (C=O) groups excluding carboxylic acids is 1. The topological polar surface area (TPSA) is 148 Å². The number of hydrogen-bond acceptors (Lipinski definition) is 7. The van der Waals surface area contributed by atoms with Gasteiger partial charge in [-0.15, -0.1) is 0 Å². The molecular weight excluding hydrogens is 484 g/mol. The van der Waals surface area contributed by atoms with E-state index >= 15 is 0 Å². The minimum atomic E-state index is -4.20. The minimum Gasteiger partial charge on any atom is -0.394 e. The predicted octanol–water partition coefficient (Wildman–Crippen LogP) is 1.45. The van der Waals surface area contributed by atoms with Gasteiger partial charge in [0.25, 0.3) is 5.91 Å². The number of aliphatic hydroxyl groups is 2. The first-order valence-corrected chi connectivity index (χ1v) is 12.1. The molecular formula is C22H23F2N5O5S. The zero-order valence-corrected chi connectivity index (χ0v) is 19.1. The number of sulfonamides is 1. The second-order valence-electron chi connectivity index (χ2n) is 7.94. The molecule has 0 fully saturated rings. The Morgan fingerprint density at radius 2 is 1.91 bits per heavy atom. The van der Waals surface area contributed by atoms with E-state index in [9.17, 15) is 27.1 Å². The summed E-state index contributed by atoms with van der Waals surface area (Å²) in [5.41, 5.74) is 1.73. The SMILES string of the molecule is O=C(Nc1n[nH]c2c1CN(S(=O)(=O)c1cc(F)cc(F)c1)CC2)c1ccccc1NCC(O)CO. The number of anilines is 2.